The summed E-state index contributed by atoms with van der Waals surface area (Å²) < 4.78 is 33.3. The lowest BCUT2D eigenvalue weighted by Crippen LogP contribution is -2.49. The zero-order chi connectivity index (χ0) is 14.8. The number of rotatable bonds is 4. The molecule has 21 heavy (non-hydrogen) atoms. The maximum Gasteiger partial charge on any atom is 0.130 e. The van der Waals surface area contributed by atoms with Gasteiger partial charge in [0.15, 0.2) is 0 Å². The van der Waals surface area contributed by atoms with E-state index in [1.165, 1.54) is 31.0 Å². The maximum atomic E-state index is 13.7. The van der Waals surface area contributed by atoms with Gasteiger partial charge < -0.3 is 10.1 Å². The Balaban J connectivity index is 1.55. The minimum absolute atomic E-state index is 0.0941. The second-order valence-electron chi connectivity index (χ2n) is 6.01. The number of nitrogens with one attached hydrogen (secondary N) is 1. The van der Waals surface area contributed by atoms with Crippen molar-refractivity contribution in [2.45, 2.75) is 38.0 Å². The lowest BCUT2D eigenvalue weighted by atomic mass is 10.1. The number of hydrogen-bond acceptors (Lipinski definition) is 3. The molecule has 116 valence electrons. The Morgan fingerprint density at radius 1 is 1.38 bits per heavy atom. The zero-order valence-corrected chi connectivity index (χ0v) is 12.3. The number of morpholine rings is 1. The van der Waals surface area contributed by atoms with Crippen LogP contribution in [0, 0.1) is 11.6 Å². The number of hydrogen-bond donors (Lipinski definition) is 1. The van der Waals surface area contributed by atoms with Crippen molar-refractivity contribution in [3.05, 3.63) is 35.4 Å². The van der Waals surface area contributed by atoms with Crippen LogP contribution in [0.3, 0.4) is 0 Å². The Labute approximate surface area is 124 Å². The van der Waals surface area contributed by atoms with Crippen molar-refractivity contribution in [2.24, 2.45) is 0 Å². The predicted molar refractivity (Wildman–Crippen MR) is 77.1 cm³/mol. The Morgan fingerprint density at radius 2 is 2.14 bits per heavy atom. The van der Waals surface area contributed by atoms with Gasteiger partial charge >= 0.3 is 0 Å². The maximum absolute atomic E-state index is 13.7. The largest absolute Gasteiger partial charge is 0.374 e. The van der Waals surface area contributed by atoms with Gasteiger partial charge in [0.2, 0.25) is 0 Å². The number of halogens is 2. The predicted octanol–water partition coefficient (Wildman–Crippen LogP) is 2.48. The van der Waals surface area contributed by atoms with E-state index in [9.17, 15) is 8.78 Å². The van der Waals surface area contributed by atoms with Crippen LogP contribution in [0.5, 0.6) is 0 Å². The van der Waals surface area contributed by atoms with Gasteiger partial charge in [-0.2, -0.15) is 0 Å². The van der Waals surface area contributed by atoms with Crippen LogP contribution in [-0.4, -0.2) is 43.3 Å². The van der Waals surface area contributed by atoms with Crippen molar-refractivity contribution in [1.82, 2.24) is 10.2 Å². The summed E-state index contributed by atoms with van der Waals surface area (Å²) in [5.41, 5.74) is 0.104. The standard InChI is InChI=1S/C16H22F2N2O/c1-11(16-14(17)5-2-6-15(16)18)19-8-13-9-20-7-3-4-12(20)10-21-13/h2,5-6,11-13,19H,3-4,7-10H2,1H3. The highest BCUT2D eigenvalue weighted by molar-refractivity contribution is 5.22. The van der Waals surface area contributed by atoms with Crippen LogP contribution < -0.4 is 5.32 Å². The minimum atomic E-state index is -0.501. The average Bonchev–Trinajstić information content (AvgIpc) is 2.92. The fourth-order valence-electron chi connectivity index (χ4n) is 3.34. The molecule has 1 aromatic rings. The smallest absolute Gasteiger partial charge is 0.130 e. The molecule has 0 spiro atoms. The van der Waals surface area contributed by atoms with Gasteiger partial charge in [0.25, 0.3) is 0 Å². The van der Waals surface area contributed by atoms with Gasteiger partial charge in [0.05, 0.1) is 12.7 Å². The number of benzene rings is 1. The summed E-state index contributed by atoms with van der Waals surface area (Å²) in [5.74, 6) is -1.00. The van der Waals surface area contributed by atoms with E-state index in [0.717, 1.165) is 19.7 Å². The third-order valence-corrected chi connectivity index (χ3v) is 4.55. The van der Waals surface area contributed by atoms with E-state index in [2.05, 4.69) is 10.2 Å². The molecule has 2 heterocycles. The molecule has 0 radical (unpaired) electrons. The molecule has 2 aliphatic heterocycles. The number of fused-ring (bicyclic) bond motifs is 1. The lowest BCUT2D eigenvalue weighted by Gasteiger charge is -2.35. The Morgan fingerprint density at radius 3 is 2.90 bits per heavy atom. The Hall–Kier alpha value is -1.04. The van der Waals surface area contributed by atoms with Crippen LogP contribution in [-0.2, 0) is 4.74 Å². The minimum Gasteiger partial charge on any atom is -0.374 e. The van der Waals surface area contributed by atoms with Crippen molar-refractivity contribution in [3.8, 4) is 0 Å². The van der Waals surface area contributed by atoms with Gasteiger partial charge in [0, 0.05) is 30.7 Å². The molecule has 2 aliphatic rings. The second kappa shape index (κ2) is 6.38. The molecule has 1 N–H and O–H groups in total. The van der Waals surface area contributed by atoms with Gasteiger partial charge in [-0.1, -0.05) is 6.07 Å². The van der Waals surface area contributed by atoms with Crippen molar-refractivity contribution in [1.29, 1.82) is 0 Å². The zero-order valence-electron chi connectivity index (χ0n) is 12.3. The summed E-state index contributed by atoms with van der Waals surface area (Å²) in [6.07, 6.45) is 2.55. The summed E-state index contributed by atoms with van der Waals surface area (Å²) in [7, 11) is 0. The van der Waals surface area contributed by atoms with Crippen LogP contribution >= 0.6 is 0 Å². The highest BCUT2D eigenvalue weighted by Gasteiger charge is 2.32. The summed E-state index contributed by atoms with van der Waals surface area (Å²) >= 11 is 0. The van der Waals surface area contributed by atoms with E-state index in [1.807, 2.05) is 0 Å². The first-order chi connectivity index (χ1) is 10.1. The van der Waals surface area contributed by atoms with E-state index in [0.29, 0.717) is 12.6 Å². The van der Waals surface area contributed by atoms with Gasteiger partial charge in [-0.15, -0.1) is 0 Å². The molecule has 3 nitrogen and oxygen atoms in total. The molecule has 1 aromatic carbocycles. The summed E-state index contributed by atoms with van der Waals surface area (Å²) in [6, 6.07) is 4.18. The van der Waals surface area contributed by atoms with Crippen LogP contribution in [0.4, 0.5) is 8.78 Å². The fourth-order valence-corrected chi connectivity index (χ4v) is 3.34. The van der Waals surface area contributed by atoms with E-state index in [4.69, 9.17) is 4.74 Å². The van der Waals surface area contributed by atoms with Gasteiger partial charge in [-0.3, -0.25) is 4.90 Å². The second-order valence-corrected chi connectivity index (χ2v) is 6.01. The fraction of sp³-hybridized carbons (Fsp3) is 0.625. The third kappa shape index (κ3) is 3.25. The molecule has 3 rings (SSSR count). The van der Waals surface area contributed by atoms with E-state index in [1.54, 1.807) is 6.92 Å². The van der Waals surface area contributed by atoms with Gasteiger partial charge in [-0.25, -0.2) is 8.78 Å². The van der Waals surface area contributed by atoms with E-state index in [-0.39, 0.29) is 17.7 Å². The molecule has 0 saturated carbocycles. The van der Waals surface area contributed by atoms with Crippen molar-refractivity contribution in [2.75, 3.05) is 26.2 Å². The highest BCUT2D eigenvalue weighted by Crippen LogP contribution is 2.23. The van der Waals surface area contributed by atoms with Crippen LogP contribution in [0.1, 0.15) is 31.4 Å². The molecule has 0 bridgehead atoms. The van der Waals surface area contributed by atoms with E-state index >= 15 is 0 Å². The van der Waals surface area contributed by atoms with Crippen molar-refractivity contribution in [3.63, 3.8) is 0 Å². The first-order valence-electron chi connectivity index (χ1n) is 7.68. The highest BCUT2D eigenvalue weighted by atomic mass is 19.1. The monoisotopic (exact) mass is 296 g/mol. The molecule has 0 amide bonds. The van der Waals surface area contributed by atoms with Crippen LogP contribution in [0.25, 0.3) is 0 Å². The first-order valence-corrected chi connectivity index (χ1v) is 7.68. The molecule has 5 heteroatoms. The summed E-state index contributed by atoms with van der Waals surface area (Å²) in [5, 5.41) is 3.20. The molecule has 2 fully saturated rings. The molecular weight excluding hydrogens is 274 g/mol. The summed E-state index contributed by atoms with van der Waals surface area (Å²) in [6.45, 7) is 5.21. The van der Waals surface area contributed by atoms with Crippen LogP contribution in [0.15, 0.2) is 18.2 Å². The first kappa shape index (κ1) is 14.9. The topological polar surface area (TPSA) is 24.5 Å². The molecule has 0 aliphatic carbocycles. The van der Waals surface area contributed by atoms with Crippen molar-refractivity contribution >= 4 is 0 Å². The third-order valence-electron chi connectivity index (χ3n) is 4.55. The number of nitrogens with zero attached hydrogens (tertiary/aromatic N) is 1. The Kier molecular flexibility index (Phi) is 4.52. The van der Waals surface area contributed by atoms with Crippen LogP contribution in [0.2, 0.25) is 0 Å². The number of ether oxygens (including phenoxy) is 1. The molecule has 0 aromatic heterocycles. The summed E-state index contributed by atoms with van der Waals surface area (Å²) in [4.78, 5) is 2.46. The Bertz CT molecular complexity index is 477. The molecule has 3 unspecified atom stereocenters. The van der Waals surface area contributed by atoms with E-state index < -0.39 is 11.6 Å². The lowest BCUT2D eigenvalue weighted by molar-refractivity contribution is -0.0477. The van der Waals surface area contributed by atoms with Gasteiger partial charge in [0.1, 0.15) is 11.6 Å². The average molecular weight is 296 g/mol. The quantitative estimate of drug-likeness (QED) is 0.924. The normalized spacial score (nSPS) is 27.6. The van der Waals surface area contributed by atoms with Gasteiger partial charge in [-0.05, 0) is 38.4 Å². The van der Waals surface area contributed by atoms with Crippen molar-refractivity contribution < 1.29 is 13.5 Å². The molecule has 3 atom stereocenters. The molecular formula is C16H22F2N2O. The SMILES string of the molecule is CC(NCC1CN2CCCC2CO1)c1c(F)cccc1F. The molecule has 2 saturated heterocycles.